The quantitative estimate of drug-likeness (QED) is 0.766. The number of benzene rings is 1. The number of anilines is 1. The number of pyridine rings is 1. The van der Waals surface area contributed by atoms with Crippen LogP contribution in [0, 0.1) is 6.92 Å². The summed E-state index contributed by atoms with van der Waals surface area (Å²) in [5.74, 6) is 0. The number of aromatic nitrogens is 2. The first-order chi connectivity index (χ1) is 11.7. The third-order valence-corrected chi connectivity index (χ3v) is 4.42. The van der Waals surface area contributed by atoms with Crippen LogP contribution in [0.15, 0.2) is 53.5 Å². The van der Waals surface area contributed by atoms with Crippen LogP contribution < -0.4 is 15.8 Å². The largest absolute Gasteiger partial charge is 0.364 e. The smallest absolute Gasteiger partial charge is 0.258 e. The molecule has 1 aliphatic rings. The highest BCUT2D eigenvalue weighted by molar-refractivity contribution is 5.85. The van der Waals surface area contributed by atoms with Crippen LogP contribution in [0.4, 0.5) is 5.69 Å². The van der Waals surface area contributed by atoms with Gasteiger partial charge >= 0.3 is 0 Å². The molecule has 1 aliphatic heterocycles. The lowest BCUT2D eigenvalue weighted by molar-refractivity contribution is 0.684. The van der Waals surface area contributed by atoms with Gasteiger partial charge in [0.15, 0.2) is 0 Å². The molecule has 4 rings (SSSR count). The molecule has 1 aromatic carbocycles. The van der Waals surface area contributed by atoms with Crippen LogP contribution >= 0.6 is 12.4 Å². The number of aryl methyl sites for hydroxylation is 1. The lowest BCUT2D eigenvalue weighted by atomic mass is 10.1. The number of fused-ring (bicyclic) bond motifs is 2. The van der Waals surface area contributed by atoms with Crippen molar-refractivity contribution >= 4 is 23.7 Å². The van der Waals surface area contributed by atoms with E-state index >= 15 is 0 Å². The Hall–Kier alpha value is -2.37. The number of para-hydroxylation sites is 1. The molecule has 0 unspecified atom stereocenters. The molecule has 0 radical (unpaired) electrons. The Morgan fingerprint density at radius 1 is 1.20 bits per heavy atom. The van der Waals surface area contributed by atoms with Gasteiger partial charge in [0, 0.05) is 37.6 Å². The van der Waals surface area contributed by atoms with Crippen molar-refractivity contribution in [2.45, 2.75) is 20.0 Å². The number of hydrogen-bond acceptors (Lipinski definition) is 4. The van der Waals surface area contributed by atoms with Gasteiger partial charge in [0.05, 0.1) is 12.2 Å². The van der Waals surface area contributed by atoms with Crippen molar-refractivity contribution in [2.24, 2.45) is 0 Å². The lowest BCUT2D eigenvalue weighted by Gasteiger charge is -2.24. The van der Waals surface area contributed by atoms with Gasteiger partial charge < -0.3 is 10.2 Å². The molecule has 0 atom stereocenters. The Morgan fingerprint density at radius 3 is 2.92 bits per heavy atom. The molecule has 130 valence electrons. The molecular weight excluding hydrogens is 336 g/mol. The first-order valence-corrected chi connectivity index (χ1v) is 8.23. The van der Waals surface area contributed by atoms with Gasteiger partial charge in [-0.25, -0.2) is 4.98 Å². The Balaban J connectivity index is 0.00000182. The Kier molecular flexibility index (Phi) is 5.06. The Morgan fingerprint density at radius 2 is 2.04 bits per heavy atom. The van der Waals surface area contributed by atoms with Crippen LogP contribution in [-0.2, 0) is 13.1 Å². The maximum absolute atomic E-state index is 12.4. The van der Waals surface area contributed by atoms with Crippen LogP contribution in [0.2, 0.25) is 0 Å². The highest BCUT2D eigenvalue weighted by atomic mass is 35.5. The molecular formula is C19H21ClN4O. The Bertz CT molecular complexity index is 954. The second-order valence-electron chi connectivity index (χ2n) is 6.25. The van der Waals surface area contributed by atoms with Gasteiger partial charge in [-0.3, -0.25) is 9.20 Å². The molecule has 0 fully saturated rings. The van der Waals surface area contributed by atoms with Gasteiger partial charge in [-0.2, -0.15) is 0 Å². The molecule has 0 bridgehead atoms. The fourth-order valence-electron chi connectivity index (χ4n) is 3.23. The molecule has 3 aromatic rings. The van der Waals surface area contributed by atoms with Crippen LogP contribution in [0.25, 0.3) is 5.65 Å². The zero-order chi connectivity index (χ0) is 16.5. The number of hydrogen-bond donors (Lipinski definition) is 1. The monoisotopic (exact) mass is 356 g/mol. The Labute approximate surface area is 152 Å². The zero-order valence-electron chi connectivity index (χ0n) is 14.1. The molecule has 3 heterocycles. The molecule has 1 N–H and O–H groups in total. The van der Waals surface area contributed by atoms with Crippen molar-refractivity contribution in [3.05, 3.63) is 75.8 Å². The van der Waals surface area contributed by atoms with E-state index in [0.29, 0.717) is 12.2 Å². The van der Waals surface area contributed by atoms with E-state index in [0.717, 1.165) is 30.9 Å². The standard InChI is InChI=1S/C19H20N4O.ClH/c1-14-6-7-18-21-16(10-19(24)23(18)12-14)13-22-9-8-20-11-15-4-2-3-5-17(15)22;/h2-7,10,12,20H,8-9,11,13H2,1H3;1H. The first kappa shape index (κ1) is 17.5. The van der Waals surface area contributed by atoms with Crippen LogP contribution in [0.5, 0.6) is 0 Å². The SMILES string of the molecule is Cc1ccc2nc(CN3CCNCc4ccccc43)cc(=O)n2c1.Cl. The van der Waals surface area contributed by atoms with E-state index in [4.69, 9.17) is 0 Å². The highest BCUT2D eigenvalue weighted by Gasteiger charge is 2.15. The van der Waals surface area contributed by atoms with Gasteiger partial charge in [0.1, 0.15) is 5.65 Å². The van der Waals surface area contributed by atoms with Gasteiger partial charge in [-0.05, 0) is 30.2 Å². The average molecular weight is 357 g/mol. The number of nitrogens with one attached hydrogen (secondary N) is 1. The maximum Gasteiger partial charge on any atom is 0.258 e. The molecule has 0 saturated heterocycles. The minimum Gasteiger partial charge on any atom is -0.364 e. The third kappa shape index (κ3) is 3.52. The van der Waals surface area contributed by atoms with Gasteiger partial charge in [-0.15, -0.1) is 12.4 Å². The molecule has 25 heavy (non-hydrogen) atoms. The summed E-state index contributed by atoms with van der Waals surface area (Å²) in [6.45, 7) is 5.30. The molecule has 6 heteroatoms. The molecule has 0 spiro atoms. The van der Waals surface area contributed by atoms with E-state index in [2.05, 4.69) is 39.5 Å². The summed E-state index contributed by atoms with van der Waals surface area (Å²) in [6, 6.07) is 13.9. The third-order valence-electron chi connectivity index (χ3n) is 4.42. The van der Waals surface area contributed by atoms with E-state index in [1.165, 1.54) is 11.3 Å². The van der Waals surface area contributed by atoms with Crippen LogP contribution in [0.3, 0.4) is 0 Å². The van der Waals surface area contributed by atoms with Crippen LogP contribution in [0.1, 0.15) is 16.8 Å². The summed E-state index contributed by atoms with van der Waals surface area (Å²) >= 11 is 0. The van der Waals surface area contributed by atoms with Gasteiger partial charge in [-0.1, -0.05) is 24.3 Å². The molecule has 0 saturated carbocycles. The number of nitrogens with zero attached hydrogens (tertiary/aromatic N) is 3. The predicted molar refractivity (Wildman–Crippen MR) is 103 cm³/mol. The lowest BCUT2D eigenvalue weighted by Crippen LogP contribution is -2.29. The molecule has 0 amide bonds. The summed E-state index contributed by atoms with van der Waals surface area (Å²) < 4.78 is 1.61. The molecule has 0 aliphatic carbocycles. The number of halogens is 1. The second-order valence-corrected chi connectivity index (χ2v) is 6.25. The first-order valence-electron chi connectivity index (χ1n) is 8.23. The highest BCUT2D eigenvalue weighted by Crippen LogP contribution is 2.23. The summed E-state index contributed by atoms with van der Waals surface area (Å²) in [5, 5.41) is 3.44. The average Bonchev–Trinajstić information content (AvgIpc) is 2.78. The maximum atomic E-state index is 12.4. The van der Waals surface area contributed by atoms with Crippen molar-refractivity contribution in [3.8, 4) is 0 Å². The van der Waals surface area contributed by atoms with E-state index < -0.39 is 0 Å². The summed E-state index contributed by atoms with van der Waals surface area (Å²) in [7, 11) is 0. The molecule has 2 aromatic heterocycles. The fourth-order valence-corrected chi connectivity index (χ4v) is 3.23. The van der Waals surface area contributed by atoms with Crippen LogP contribution in [-0.4, -0.2) is 22.5 Å². The zero-order valence-corrected chi connectivity index (χ0v) is 14.9. The van der Waals surface area contributed by atoms with E-state index in [9.17, 15) is 4.79 Å². The normalized spacial score (nSPS) is 13.9. The van der Waals surface area contributed by atoms with Crippen molar-refractivity contribution < 1.29 is 0 Å². The van der Waals surface area contributed by atoms with Crippen molar-refractivity contribution in [1.29, 1.82) is 0 Å². The summed E-state index contributed by atoms with van der Waals surface area (Å²) in [4.78, 5) is 19.4. The van der Waals surface area contributed by atoms with Crippen molar-refractivity contribution in [3.63, 3.8) is 0 Å². The minimum atomic E-state index is -0.0278. The van der Waals surface area contributed by atoms with Gasteiger partial charge in [0.2, 0.25) is 0 Å². The van der Waals surface area contributed by atoms with E-state index in [1.54, 1.807) is 10.5 Å². The fraction of sp³-hybridized carbons (Fsp3) is 0.263. The van der Waals surface area contributed by atoms with Gasteiger partial charge in [0.25, 0.3) is 5.56 Å². The van der Waals surface area contributed by atoms with E-state index in [1.807, 2.05) is 25.3 Å². The minimum absolute atomic E-state index is 0. The summed E-state index contributed by atoms with van der Waals surface area (Å²) in [6.07, 6.45) is 1.83. The van der Waals surface area contributed by atoms with E-state index in [-0.39, 0.29) is 18.0 Å². The topological polar surface area (TPSA) is 49.6 Å². The molecule has 5 nitrogen and oxygen atoms in total. The van der Waals surface area contributed by atoms with Crippen molar-refractivity contribution in [1.82, 2.24) is 14.7 Å². The second kappa shape index (κ2) is 7.25. The number of rotatable bonds is 2. The predicted octanol–water partition coefficient (Wildman–Crippen LogP) is 2.53. The summed E-state index contributed by atoms with van der Waals surface area (Å²) in [5.41, 5.74) is 5.02. The van der Waals surface area contributed by atoms with Crippen molar-refractivity contribution in [2.75, 3.05) is 18.0 Å².